The third-order valence-electron chi connectivity index (χ3n) is 5.34. The lowest BCUT2D eigenvalue weighted by atomic mass is 9.87. The van der Waals surface area contributed by atoms with Gasteiger partial charge in [0.15, 0.2) is 0 Å². The first-order valence-electron chi connectivity index (χ1n) is 10.1. The lowest BCUT2D eigenvalue weighted by Gasteiger charge is -2.34. The third kappa shape index (κ3) is 5.37. The first-order valence-corrected chi connectivity index (χ1v) is 10.1. The molecule has 3 rings (SSSR count). The molecular formula is C24H30N2O3. The number of amides is 2. The van der Waals surface area contributed by atoms with E-state index in [4.69, 9.17) is 4.74 Å². The number of hydrogen-bond donors (Lipinski definition) is 0. The van der Waals surface area contributed by atoms with Crippen LogP contribution in [0.4, 0.5) is 0 Å². The topological polar surface area (TPSA) is 49.9 Å². The molecule has 0 radical (unpaired) electrons. The number of piperazine rings is 1. The Balaban J connectivity index is 1.53. The Kier molecular flexibility index (Phi) is 6.26. The van der Waals surface area contributed by atoms with Gasteiger partial charge >= 0.3 is 0 Å². The van der Waals surface area contributed by atoms with Gasteiger partial charge in [-0.1, -0.05) is 45.0 Å². The lowest BCUT2D eigenvalue weighted by Crippen LogP contribution is -2.50. The second-order valence-corrected chi connectivity index (χ2v) is 8.56. The molecule has 0 saturated carbocycles. The van der Waals surface area contributed by atoms with Gasteiger partial charge in [-0.15, -0.1) is 0 Å². The van der Waals surface area contributed by atoms with Crippen LogP contribution in [0, 0.1) is 0 Å². The van der Waals surface area contributed by atoms with Gasteiger partial charge in [0.2, 0.25) is 5.91 Å². The number of benzene rings is 2. The van der Waals surface area contributed by atoms with Crippen molar-refractivity contribution in [3.8, 4) is 5.75 Å². The van der Waals surface area contributed by atoms with E-state index in [0.717, 1.165) is 11.3 Å². The molecule has 0 aromatic heterocycles. The maximum absolute atomic E-state index is 12.7. The monoisotopic (exact) mass is 394 g/mol. The molecule has 0 unspecified atom stereocenters. The zero-order chi connectivity index (χ0) is 21.0. The van der Waals surface area contributed by atoms with E-state index in [1.54, 1.807) is 11.8 Å². The summed E-state index contributed by atoms with van der Waals surface area (Å²) in [5.74, 6) is 0.912. The molecule has 2 aromatic rings. The van der Waals surface area contributed by atoms with E-state index in [9.17, 15) is 9.59 Å². The molecule has 0 N–H and O–H groups in total. The molecule has 5 heteroatoms. The summed E-state index contributed by atoms with van der Waals surface area (Å²) in [6.45, 7) is 10.9. The fourth-order valence-electron chi connectivity index (χ4n) is 3.37. The summed E-state index contributed by atoms with van der Waals surface area (Å²) in [5.41, 5.74) is 3.08. The summed E-state index contributed by atoms with van der Waals surface area (Å²) in [4.78, 5) is 27.7. The third-order valence-corrected chi connectivity index (χ3v) is 5.34. The number of hydrogen-bond acceptors (Lipinski definition) is 3. The van der Waals surface area contributed by atoms with Crippen LogP contribution < -0.4 is 4.74 Å². The van der Waals surface area contributed by atoms with Crippen molar-refractivity contribution < 1.29 is 14.3 Å². The first-order chi connectivity index (χ1) is 13.7. The number of carbonyl (C=O) groups excluding carboxylic acids is 2. The van der Waals surface area contributed by atoms with Gasteiger partial charge in [0.1, 0.15) is 12.4 Å². The number of carbonyl (C=O) groups is 2. The molecule has 0 spiro atoms. The fraction of sp³-hybridized carbons (Fsp3) is 0.417. The van der Waals surface area contributed by atoms with E-state index < -0.39 is 0 Å². The number of rotatable bonds is 4. The smallest absolute Gasteiger partial charge is 0.253 e. The van der Waals surface area contributed by atoms with Crippen molar-refractivity contribution in [1.29, 1.82) is 0 Å². The maximum atomic E-state index is 12.7. The van der Waals surface area contributed by atoms with Gasteiger partial charge in [-0.05, 0) is 40.8 Å². The predicted octanol–water partition coefficient (Wildman–Crippen LogP) is 3.87. The highest BCUT2D eigenvalue weighted by Gasteiger charge is 2.23. The van der Waals surface area contributed by atoms with Gasteiger partial charge in [0.25, 0.3) is 5.91 Å². The quantitative estimate of drug-likeness (QED) is 0.791. The minimum Gasteiger partial charge on any atom is -0.489 e. The molecular weight excluding hydrogens is 364 g/mol. The van der Waals surface area contributed by atoms with Gasteiger partial charge in [-0.25, -0.2) is 0 Å². The van der Waals surface area contributed by atoms with Crippen molar-refractivity contribution in [2.24, 2.45) is 0 Å². The Morgan fingerprint density at radius 3 is 1.93 bits per heavy atom. The standard InChI is InChI=1S/C24H30N2O3/c1-18(27)25-13-15-26(16-14-25)23(28)20-7-5-19(6-8-20)17-29-22-11-9-21(10-12-22)24(2,3)4/h5-12H,13-17H2,1-4H3. The Labute approximate surface area is 173 Å². The van der Waals surface area contributed by atoms with Crippen molar-refractivity contribution in [3.63, 3.8) is 0 Å². The summed E-state index contributed by atoms with van der Waals surface area (Å²) >= 11 is 0. The van der Waals surface area contributed by atoms with Crippen molar-refractivity contribution in [2.75, 3.05) is 26.2 Å². The fourth-order valence-corrected chi connectivity index (χ4v) is 3.37. The van der Waals surface area contributed by atoms with Gasteiger partial charge in [-0.3, -0.25) is 9.59 Å². The molecule has 0 atom stereocenters. The highest BCUT2D eigenvalue weighted by atomic mass is 16.5. The summed E-state index contributed by atoms with van der Waals surface area (Å²) in [6.07, 6.45) is 0. The van der Waals surface area contributed by atoms with Crippen LogP contribution in [0.25, 0.3) is 0 Å². The summed E-state index contributed by atoms with van der Waals surface area (Å²) < 4.78 is 5.88. The van der Waals surface area contributed by atoms with Crippen LogP contribution in [0.2, 0.25) is 0 Å². The van der Waals surface area contributed by atoms with Gasteiger partial charge in [0, 0.05) is 38.7 Å². The van der Waals surface area contributed by atoms with Crippen LogP contribution in [-0.2, 0) is 16.8 Å². The van der Waals surface area contributed by atoms with Crippen molar-refractivity contribution in [2.45, 2.75) is 39.7 Å². The largest absolute Gasteiger partial charge is 0.489 e. The van der Waals surface area contributed by atoms with Crippen LogP contribution in [0.15, 0.2) is 48.5 Å². The maximum Gasteiger partial charge on any atom is 0.253 e. The molecule has 1 saturated heterocycles. The van der Waals surface area contributed by atoms with E-state index in [1.165, 1.54) is 5.56 Å². The van der Waals surface area contributed by atoms with Crippen molar-refractivity contribution >= 4 is 11.8 Å². The molecule has 1 fully saturated rings. The summed E-state index contributed by atoms with van der Waals surface area (Å²) in [5, 5.41) is 0. The zero-order valence-electron chi connectivity index (χ0n) is 17.8. The van der Waals surface area contributed by atoms with E-state index in [2.05, 4.69) is 32.9 Å². The van der Waals surface area contributed by atoms with E-state index in [0.29, 0.717) is 38.3 Å². The van der Waals surface area contributed by atoms with Gasteiger partial charge in [0.05, 0.1) is 0 Å². The molecule has 154 valence electrons. The highest BCUT2D eigenvalue weighted by molar-refractivity contribution is 5.94. The minimum absolute atomic E-state index is 0.0124. The Hall–Kier alpha value is -2.82. The van der Waals surface area contributed by atoms with Gasteiger partial charge in [-0.2, -0.15) is 0 Å². The highest BCUT2D eigenvalue weighted by Crippen LogP contribution is 2.24. The van der Waals surface area contributed by atoms with E-state index in [1.807, 2.05) is 41.3 Å². The first kappa shape index (κ1) is 20.9. The van der Waals surface area contributed by atoms with Crippen LogP contribution in [0.1, 0.15) is 49.2 Å². The van der Waals surface area contributed by atoms with Gasteiger partial charge < -0.3 is 14.5 Å². The normalized spacial score (nSPS) is 14.6. The number of nitrogens with zero attached hydrogens (tertiary/aromatic N) is 2. The molecule has 1 heterocycles. The van der Waals surface area contributed by atoms with E-state index >= 15 is 0 Å². The molecule has 0 aliphatic carbocycles. The van der Waals surface area contributed by atoms with Crippen molar-refractivity contribution in [3.05, 3.63) is 65.2 Å². The van der Waals surface area contributed by atoms with Crippen LogP contribution in [0.3, 0.4) is 0 Å². The number of ether oxygens (including phenoxy) is 1. The second-order valence-electron chi connectivity index (χ2n) is 8.56. The minimum atomic E-state index is 0.0124. The Morgan fingerprint density at radius 1 is 0.862 bits per heavy atom. The molecule has 1 aliphatic rings. The lowest BCUT2D eigenvalue weighted by molar-refractivity contribution is -0.130. The molecule has 5 nitrogen and oxygen atoms in total. The van der Waals surface area contributed by atoms with Crippen LogP contribution in [0.5, 0.6) is 5.75 Å². The predicted molar refractivity (Wildman–Crippen MR) is 114 cm³/mol. The zero-order valence-corrected chi connectivity index (χ0v) is 17.8. The van der Waals surface area contributed by atoms with Crippen LogP contribution in [-0.4, -0.2) is 47.8 Å². The van der Waals surface area contributed by atoms with E-state index in [-0.39, 0.29) is 17.2 Å². The average Bonchev–Trinajstić information content (AvgIpc) is 2.72. The Morgan fingerprint density at radius 2 is 1.41 bits per heavy atom. The Bertz CT molecular complexity index is 843. The second kappa shape index (κ2) is 8.68. The SMILES string of the molecule is CC(=O)N1CCN(C(=O)c2ccc(COc3ccc(C(C)(C)C)cc3)cc2)CC1. The average molecular weight is 395 g/mol. The molecule has 0 bridgehead atoms. The van der Waals surface area contributed by atoms with Crippen molar-refractivity contribution in [1.82, 2.24) is 9.80 Å². The molecule has 29 heavy (non-hydrogen) atoms. The molecule has 1 aliphatic heterocycles. The molecule has 2 aromatic carbocycles. The molecule has 2 amide bonds. The summed E-state index contributed by atoms with van der Waals surface area (Å²) in [6, 6.07) is 15.8. The van der Waals surface area contributed by atoms with Crippen LogP contribution >= 0.6 is 0 Å². The summed E-state index contributed by atoms with van der Waals surface area (Å²) in [7, 11) is 0.